The Kier molecular flexibility index (Phi) is 7.20. The van der Waals surface area contributed by atoms with Crippen LogP contribution >= 0.6 is 0 Å². The van der Waals surface area contributed by atoms with Gasteiger partial charge in [0, 0.05) is 29.7 Å². The van der Waals surface area contributed by atoms with Crippen molar-refractivity contribution in [2.24, 2.45) is 0 Å². The summed E-state index contributed by atoms with van der Waals surface area (Å²) >= 11 is 0. The molecule has 0 saturated heterocycles. The molecule has 1 amide bonds. The van der Waals surface area contributed by atoms with Crippen LogP contribution in [0.1, 0.15) is 10.4 Å². The number of rotatable bonds is 8. The van der Waals surface area contributed by atoms with Crippen LogP contribution in [0.2, 0.25) is 0 Å². The minimum atomic E-state index is -0.661. The molecule has 9 nitrogen and oxygen atoms in total. The van der Waals surface area contributed by atoms with Crippen molar-refractivity contribution in [1.29, 1.82) is 0 Å². The molecule has 1 heterocycles. The molecular formula is C27H23NO8. The molecule has 0 atom stereocenters. The lowest BCUT2D eigenvalue weighted by Gasteiger charge is -2.15. The quantitative estimate of drug-likeness (QED) is 0.288. The van der Waals surface area contributed by atoms with E-state index < -0.39 is 17.5 Å². The van der Waals surface area contributed by atoms with Crippen LogP contribution in [0.5, 0.6) is 17.2 Å². The summed E-state index contributed by atoms with van der Waals surface area (Å²) in [5.41, 5.74) is 1.69. The minimum Gasteiger partial charge on any atom is -0.493 e. The first-order chi connectivity index (χ1) is 17.4. The number of esters is 1. The van der Waals surface area contributed by atoms with Gasteiger partial charge >= 0.3 is 11.6 Å². The van der Waals surface area contributed by atoms with Crippen molar-refractivity contribution < 1.29 is 33.0 Å². The summed E-state index contributed by atoms with van der Waals surface area (Å²) in [5.74, 6) is -0.246. The fraction of sp³-hybridized carbons (Fsp3) is 0.148. The van der Waals surface area contributed by atoms with E-state index in [1.807, 2.05) is 30.3 Å². The smallest absolute Gasteiger partial charge is 0.340 e. The average Bonchev–Trinajstić information content (AvgIpc) is 2.90. The molecule has 1 N–H and O–H groups in total. The fourth-order valence-electron chi connectivity index (χ4n) is 3.69. The van der Waals surface area contributed by atoms with Gasteiger partial charge in [-0.1, -0.05) is 30.3 Å². The summed E-state index contributed by atoms with van der Waals surface area (Å²) in [6.07, 6.45) is 0. The van der Waals surface area contributed by atoms with Gasteiger partial charge in [-0.3, -0.25) is 4.79 Å². The number of anilines is 1. The summed E-state index contributed by atoms with van der Waals surface area (Å²) in [5, 5.41) is 3.35. The first kappa shape index (κ1) is 24.3. The number of nitrogens with one attached hydrogen (secondary N) is 1. The molecule has 0 unspecified atom stereocenters. The van der Waals surface area contributed by atoms with Gasteiger partial charge in [-0.2, -0.15) is 0 Å². The Bertz CT molecular complexity index is 1480. The van der Waals surface area contributed by atoms with Gasteiger partial charge in [-0.15, -0.1) is 0 Å². The molecule has 4 rings (SSSR count). The third kappa shape index (κ3) is 5.15. The topological polar surface area (TPSA) is 113 Å². The van der Waals surface area contributed by atoms with Crippen LogP contribution in [0.4, 0.5) is 5.69 Å². The number of amides is 1. The molecule has 0 fully saturated rings. The monoisotopic (exact) mass is 489 g/mol. The van der Waals surface area contributed by atoms with E-state index in [-0.39, 0.29) is 17.9 Å². The first-order valence-corrected chi connectivity index (χ1v) is 10.8. The van der Waals surface area contributed by atoms with Gasteiger partial charge in [0.2, 0.25) is 0 Å². The van der Waals surface area contributed by atoms with Gasteiger partial charge in [0.1, 0.15) is 11.3 Å². The number of carbonyl (C=O) groups is 2. The number of ether oxygens (including phenoxy) is 4. The van der Waals surface area contributed by atoms with Gasteiger partial charge in [-0.25, -0.2) is 9.59 Å². The van der Waals surface area contributed by atoms with Crippen molar-refractivity contribution in [3.8, 4) is 28.4 Å². The second-order valence-corrected chi connectivity index (χ2v) is 7.58. The van der Waals surface area contributed by atoms with Crippen LogP contribution in [0.15, 0.2) is 75.9 Å². The molecule has 0 aliphatic rings. The van der Waals surface area contributed by atoms with E-state index in [0.29, 0.717) is 22.8 Å². The van der Waals surface area contributed by atoms with Crippen LogP contribution in [0.25, 0.3) is 22.1 Å². The van der Waals surface area contributed by atoms with Crippen molar-refractivity contribution in [3.63, 3.8) is 0 Å². The molecule has 36 heavy (non-hydrogen) atoms. The molecule has 0 spiro atoms. The van der Waals surface area contributed by atoms with Crippen LogP contribution in [0.3, 0.4) is 0 Å². The van der Waals surface area contributed by atoms with Crippen molar-refractivity contribution in [2.45, 2.75) is 0 Å². The third-order valence-electron chi connectivity index (χ3n) is 5.37. The Morgan fingerprint density at radius 3 is 2.31 bits per heavy atom. The minimum absolute atomic E-state index is 0.0874. The molecular weight excluding hydrogens is 466 g/mol. The summed E-state index contributed by atoms with van der Waals surface area (Å²) in [4.78, 5) is 37.0. The number of hydrogen-bond donors (Lipinski definition) is 1. The van der Waals surface area contributed by atoms with Crippen molar-refractivity contribution in [1.82, 2.24) is 0 Å². The highest BCUT2D eigenvalue weighted by atomic mass is 16.5. The summed E-state index contributed by atoms with van der Waals surface area (Å²) in [7, 11) is 4.10. The maximum absolute atomic E-state index is 12.6. The summed E-state index contributed by atoms with van der Waals surface area (Å²) < 4.78 is 26.2. The predicted octanol–water partition coefficient (Wildman–Crippen LogP) is 4.28. The highest BCUT2D eigenvalue weighted by Crippen LogP contribution is 2.34. The van der Waals surface area contributed by atoms with Gasteiger partial charge in [-0.05, 0) is 23.3 Å². The van der Waals surface area contributed by atoms with Crippen LogP contribution in [-0.2, 0) is 9.53 Å². The Hall–Kier alpha value is -4.79. The Morgan fingerprint density at radius 2 is 1.61 bits per heavy atom. The molecule has 0 radical (unpaired) electrons. The molecule has 184 valence electrons. The Labute approximate surface area is 206 Å². The molecule has 0 aliphatic heterocycles. The predicted molar refractivity (Wildman–Crippen MR) is 133 cm³/mol. The van der Waals surface area contributed by atoms with Crippen molar-refractivity contribution in [3.05, 3.63) is 82.7 Å². The first-order valence-electron chi connectivity index (χ1n) is 10.8. The van der Waals surface area contributed by atoms with E-state index in [2.05, 4.69) is 5.32 Å². The standard InChI is InChI=1S/C27H23NO8/c1-32-23-12-20(27(31)34-3)21(14-24(23)33-2)28-25(29)15-35-17-9-10-18-19(16-7-5-4-6-8-16)13-26(30)36-22(18)11-17/h4-14H,15H2,1-3H3,(H,28,29). The maximum Gasteiger partial charge on any atom is 0.340 e. The highest BCUT2D eigenvalue weighted by molar-refractivity contribution is 6.02. The van der Waals surface area contributed by atoms with E-state index >= 15 is 0 Å². The van der Waals surface area contributed by atoms with Crippen LogP contribution in [0, 0.1) is 0 Å². The van der Waals surface area contributed by atoms with Gasteiger partial charge in [0.15, 0.2) is 18.1 Å². The van der Waals surface area contributed by atoms with Crippen molar-refractivity contribution >= 4 is 28.5 Å². The normalized spacial score (nSPS) is 10.5. The molecule has 0 bridgehead atoms. The Morgan fingerprint density at radius 1 is 0.889 bits per heavy atom. The zero-order chi connectivity index (χ0) is 25.7. The van der Waals surface area contributed by atoms with Gasteiger partial charge in [0.25, 0.3) is 5.91 Å². The van der Waals surface area contributed by atoms with E-state index in [1.165, 1.54) is 39.5 Å². The summed E-state index contributed by atoms with van der Waals surface area (Å²) in [6.45, 7) is -0.372. The second kappa shape index (κ2) is 10.6. The fourth-order valence-corrected chi connectivity index (χ4v) is 3.69. The van der Waals surface area contributed by atoms with Crippen LogP contribution in [-0.4, -0.2) is 39.8 Å². The molecule has 0 aliphatic carbocycles. The van der Waals surface area contributed by atoms with Crippen LogP contribution < -0.4 is 25.2 Å². The number of carbonyl (C=O) groups excluding carboxylic acids is 2. The maximum atomic E-state index is 12.6. The van der Waals surface area contributed by atoms with E-state index in [4.69, 9.17) is 23.4 Å². The second-order valence-electron chi connectivity index (χ2n) is 7.58. The molecule has 9 heteroatoms. The lowest BCUT2D eigenvalue weighted by atomic mass is 10.0. The zero-order valence-corrected chi connectivity index (χ0v) is 19.8. The number of benzene rings is 3. The zero-order valence-electron chi connectivity index (χ0n) is 19.8. The molecule has 0 saturated carbocycles. The highest BCUT2D eigenvalue weighted by Gasteiger charge is 2.19. The van der Waals surface area contributed by atoms with Gasteiger partial charge < -0.3 is 28.7 Å². The van der Waals surface area contributed by atoms with Crippen molar-refractivity contribution in [2.75, 3.05) is 33.3 Å². The largest absolute Gasteiger partial charge is 0.493 e. The number of hydrogen-bond acceptors (Lipinski definition) is 8. The molecule has 4 aromatic rings. The lowest BCUT2D eigenvalue weighted by molar-refractivity contribution is -0.118. The molecule has 1 aromatic heterocycles. The van der Waals surface area contributed by atoms with Gasteiger partial charge in [0.05, 0.1) is 32.6 Å². The molecule has 3 aromatic carbocycles. The third-order valence-corrected chi connectivity index (χ3v) is 5.37. The number of fused-ring (bicyclic) bond motifs is 1. The van der Waals surface area contributed by atoms with E-state index in [0.717, 1.165) is 16.5 Å². The Balaban J connectivity index is 1.54. The average molecular weight is 489 g/mol. The SMILES string of the molecule is COC(=O)c1cc(OC)c(OC)cc1NC(=O)COc1ccc2c(-c3ccccc3)cc(=O)oc2c1. The van der Waals surface area contributed by atoms with E-state index in [9.17, 15) is 14.4 Å². The number of methoxy groups -OCH3 is 3. The summed E-state index contributed by atoms with van der Waals surface area (Å²) in [6, 6.07) is 18.8. The lowest BCUT2D eigenvalue weighted by Crippen LogP contribution is -2.22. The van der Waals surface area contributed by atoms with E-state index in [1.54, 1.807) is 18.2 Å².